The predicted octanol–water partition coefficient (Wildman–Crippen LogP) is 3.09. The van der Waals surface area contributed by atoms with Crippen LogP contribution >= 0.6 is 15.9 Å². The molecule has 0 aliphatic rings. The Bertz CT molecular complexity index is 868. The van der Waals surface area contributed by atoms with Crippen molar-refractivity contribution >= 4 is 45.0 Å². The molecule has 0 amide bonds. The second kappa shape index (κ2) is 7.10. The van der Waals surface area contributed by atoms with E-state index in [1.807, 2.05) is 24.3 Å². The van der Waals surface area contributed by atoms with Gasteiger partial charge in [-0.05, 0) is 51.8 Å². The average Bonchev–Trinajstić information content (AvgIpc) is 2.58. The van der Waals surface area contributed by atoms with Crippen molar-refractivity contribution in [3.8, 4) is 0 Å². The summed E-state index contributed by atoms with van der Waals surface area (Å²) in [5.41, 5.74) is 1.68. The molecule has 2 N–H and O–H groups in total. The van der Waals surface area contributed by atoms with Gasteiger partial charge in [-0.3, -0.25) is 0 Å². The smallest absolute Gasteiger partial charge is 0.229 e. The van der Waals surface area contributed by atoms with Crippen LogP contribution in [0.2, 0.25) is 0 Å². The van der Waals surface area contributed by atoms with E-state index in [0.717, 1.165) is 10.2 Å². The van der Waals surface area contributed by atoms with E-state index in [1.165, 1.54) is 12.1 Å². The predicted molar refractivity (Wildman–Crippen MR) is 93.5 cm³/mol. The van der Waals surface area contributed by atoms with E-state index in [1.54, 1.807) is 24.4 Å². The molecule has 0 saturated carbocycles. The van der Waals surface area contributed by atoms with Crippen molar-refractivity contribution in [1.29, 1.82) is 0 Å². The molecule has 7 heteroatoms. The zero-order chi connectivity index (χ0) is 16.9. The highest BCUT2D eigenvalue weighted by atomic mass is 79.9. The topological polar surface area (TPSA) is 90.0 Å². The van der Waals surface area contributed by atoms with Gasteiger partial charge in [0.15, 0.2) is 0 Å². The van der Waals surface area contributed by atoms with E-state index in [-0.39, 0.29) is 5.56 Å². The summed E-state index contributed by atoms with van der Waals surface area (Å²) in [6, 6.07) is 15.6. The molecule has 24 heavy (non-hydrogen) atoms. The number of halogens is 1. The van der Waals surface area contributed by atoms with Crippen molar-refractivity contribution < 1.29 is 9.90 Å². The number of carbonyl (C=O) groups is 1. The number of aromatic nitrogens is 2. The van der Waals surface area contributed by atoms with Crippen molar-refractivity contribution in [1.82, 2.24) is 9.97 Å². The molecule has 2 aromatic carbocycles. The largest absolute Gasteiger partial charge is 0.545 e. The van der Waals surface area contributed by atoms with Crippen LogP contribution < -0.4 is 15.7 Å². The van der Waals surface area contributed by atoms with Crippen LogP contribution in [-0.2, 0) is 0 Å². The van der Waals surface area contributed by atoms with E-state index >= 15 is 0 Å². The number of carboxylic acid groups (broad SMARTS) is 1. The second-order valence-corrected chi connectivity index (χ2v) is 5.71. The van der Waals surface area contributed by atoms with Gasteiger partial charge in [-0.1, -0.05) is 24.3 Å². The Morgan fingerprint density at radius 3 is 2.46 bits per heavy atom. The number of rotatable bonds is 5. The van der Waals surface area contributed by atoms with E-state index < -0.39 is 5.97 Å². The highest BCUT2D eigenvalue weighted by Gasteiger charge is 2.03. The van der Waals surface area contributed by atoms with Gasteiger partial charge >= 0.3 is 0 Å². The summed E-state index contributed by atoms with van der Waals surface area (Å²) in [5, 5.41) is 17.0. The summed E-state index contributed by atoms with van der Waals surface area (Å²) in [5.74, 6) is -0.184. The van der Waals surface area contributed by atoms with Gasteiger partial charge in [0.2, 0.25) is 5.95 Å². The van der Waals surface area contributed by atoms with Crippen molar-refractivity contribution in [2.24, 2.45) is 0 Å². The van der Waals surface area contributed by atoms with Crippen LogP contribution in [0.5, 0.6) is 0 Å². The lowest BCUT2D eigenvalue weighted by Crippen LogP contribution is -2.21. The Morgan fingerprint density at radius 1 is 1.00 bits per heavy atom. The molecular weight excluding hydrogens is 372 g/mol. The van der Waals surface area contributed by atoms with E-state index in [4.69, 9.17) is 0 Å². The summed E-state index contributed by atoms with van der Waals surface area (Å²) in [4.78, 5) is 19.3. The van der Waals surface area contributed by atoms with Crippen LogP contribution in [0.1, 0.15) is 10.4 Å². The first-order valence-corrected chi connectivity index (χ1v) is 7.84. The highest BCUT2D eigenvalue weighted by molar-refractivity contribution is 9.10. The molecule has 0 aliphatic carbocycles. The fourth-order valence-corrected chi connectivity index (χ4v) is 2.39. The summed E-state index contributed by atoms with van der Waals surface area (Å²) >= 11 is 3.47. The number of hydrogen-bond donors (Lipinski definition) is 2. The molecule has 120 valence electrons. The molecule has 0 aliphatic heterocycles. The van der Waals surface area contributed by atoms with Gasteiger partial charge in [0.1, 0.15) is 5.82 Å². The third-order valence-corrected chi connectivity index (χ3v) is 3.86. The normalized spacial score (nSPS) is 10.2. The molecule has 1 aromatic heterocycles. The van der Waals surface area contributed by atoms with Crippen LogP contribution in [0.4, 0.5) is 23.1 Å². The first kappa shape index (κ1) is 15.9. The zero-order valence-corrected chi connectivity index (χ0v) is 13.9. The minimum atomic E-state index is -1.21. The Labute approximate surface area is 146 Å². The van der Waals surface area contributed by atoms with Crippen LogP contribution in [0.25, 0.3) is 0 Å². The van der Waals surface area contributed by atoms with Gasteiger partial charge in [-0.15, -0.1) is 0 Å². The summed E-state index contributed by atoms with van der Waals surface area (Å²) in [6.07, 6.45) is 1.63. The lowest BCUT2D eigenvalue weighted by molar-refractivity contribution is -0.255. The fourth-order valence-electron chi connectivity index (χ4n) is 2.01. The zero-order valence-electron chi connectivity index (χ0n) is 12.4. The maximum atomic E-state index is 10.7. The van der Waals surface area contributed by atoms with Gasteiger partial charge in [0, 0.05) is 16.4 Å². The number of hydrogen-bond acceptors (Lipinski definition) is 6. The number of carbonyl (C=O) groups excluding carboxylic acids is 1. The average molecular weight is 384 g/mol. The number of para-hydroxylation sites is 1. The minimum absolute atomic E-state index is 0.116. The second-order valence-electron chi connectivity index (χ2n) is 4.86. The van der Waals surface area contributed by atoms with Crippen molar-refractivity contribution in [3.63, 3.8) is 0 Å². The molecule has 0 fully saturated rings. The molecule has 6 nitrogen and oxygen atoms in total. The molecule has 0 unspecified atom stereocenters. The highest BCUT2D eigenvalue weighted by Crippen LogP contribution is 2.25. The quantitative estimate of drug-likeness (QED) is 0.703. The van der Waals surface area contributed by atoms with Gasteiger partial charge in [0.05, 0.1) is 11.7 Å². The fraction of sp³-hybridized carbons (Fsp3) is 0. The van der Waals surface area contributed by atoms with E-state index in [0.29, 0.717) is 17.5 Å². The molecule has 0 saturated heterocycles. The van der Waals surface area contributed by atoms with Crippen molar-refractivity contribution in [2.75, 3.05) is 10.6 Å². The van der Waals surface area contributed by atoms with Crippen LogP contribution in [0.3, 0.4) is 0 Å². The number of nitrogens with zero attached hydrogens (tertiary/aromatic N) is 2. The number of nitrogens with one attached hydrogen (secondary N) is 2. The molecule has 3 aromatic rings. The maximum absolute atomic E-state index is 10.7. The Balaban J connectivity index is 1.75. The maximum Gasteiger partial charge on any atom is 0.229 e. The van der Waals surface area contributed by atoms with Gasteiger partial charge < -0.3 is 20.5 Å². The molecule has 0 spiro atoms. The van der Waals surface area contributed by atoms with Crippen LogP contribution in [0.15, 0.2) is 65.3 Å². The molecule has 3 rings (SSSR count). The summed E-state index contributed by atoms with van der Waals surface area (Å²) in [7, 11) is 0. The molecule has 0 atom stereocenters. The number of aromatic carboxylic acids is 1. The SMILES string of the molecule is O=C([O-])c1ccc(Nc2nccc(Nc3ccccc3Br)n2)cc1. The monoisotopic (exact) mass is 383 g/mol. The summed E-state index contributed by atoms with van der Waals surface area (Å²) < 4.78 is 0.927. The van der Waals surface area contributed by atoms with Gasteiger partial charge in [0.25, 0.3) is 0 Å². The molecular formula is C17H12BrN4O2-. The standard InChI is InChI=1S/C17H13BrN4O2/c18-13-3-1-2-4-14(13)21-15-9-10-19-17(22-15)20-12-7-5-11(6-8-12)16(23)24/h1-10H,(H,23,24)(H2,19,20,21,22)/p-1. The number of carboxylic acids is 1. The summed E-state index contributed by atoms with van der Waals surface area (Å²) in [6.45, 7) is 0. The third kappa shape index (κ3) is 3.88. The first-order chi connectivity index (χ1) is 11.6. The van der Waals surface area contributed by atoms with Gasteiger partial charge in [-0.2, -0.15) is 4.98 Å². The van der Waals surface area contributed by atoms with Crippen molar-refractivity contribution in [2.45, 2.75) is 0 Å². The van der Waals surface area contributed by atoms with Gasteiger partial charge in [-0.25, -0.2) is 4.98 Å². The lowest BCUT2D eigenvalue weighted by atomic mass is 10.2. The third-order valence-electron chi connectivity index (χ3n) is 3.17. The van der Waals surface area contributed by atoms with E-state index in [2.05, 4.69) is 36.5 Å². The van der Waals surface area contributed by atoms with Crippen LogP contribution in [-0.4, -0.2) is 15.9 Å². The molecule has 0 radical (unpaired) electrons. The Morgan fingerprint density at radius 2 is 1.75 bits per heavy atom. The Hall–Kier alpha value is -2.93. The number of anilines is 4. The molecule has 0 bridgehead atoms. The lowest BCUT2D eigenvalue weighted by Gasteiger charge is -2.10. The Kier molecular flexibility index (Phi) is 4.72. The van der Waals surface area contributed by atoms with Crippen LogP contribution in [0, 0.1) is 0 Å². The molecule has 1 heterocycles. The minimum Gasteiger partial charge on any atom is -0.545 e. The van der Waals surface area contributed by atoms with Crippen molar-refractivity contribution in [3.05, 3.63) is 70.8 Å². The van der Waals surface area contributed by atoms with E-state index in [9.17, 15) is 9.90 Å². The number of benzene rings is 2. The first-order valence-electron chi connectivity index (χ1n) is 7.05.